The van der Waals surface area contributed by atoms with Crippen LogP contribution in [0.1, 0.15) is 17.3 Å². The molecule has 0 fully saturated rings. The van der Waals surface area contributed by atoms with Crippen molar-refractivity contribution in [2.24, 2.45) is 0 Å². The number of fused-ring (bicyclic) bond motifs is 1. The maximum atomic E-state index is 11.1. The van der Waals surface area contributed by atoms with Crippen LogP contribution in [0.15, 0.2) is 42.6 Å². The number of nitrogens with one attached hydrogen (secondary N) is 1. The second-order valence-electron chi connectivity index (χ2n) is 4.18. The summed E-state index contributed by atoms with van der Waals surface area (Å²) in [6, 6.07) is 7.32. The molecule has 4 nitrogen and oxygen atoms in total. The molecule has 0 aliphatic carbocycles. The number of pyridine rings is 1. The van der Waals surface area contributed by atoms with Crippen LogP contribution in [-0.2, 0) is 0 Å². The Morgan fingerprint density at radius 3 is 2.67 bits per heavy atom. The van der Waals surface area contributed by atoms with E-state index in [2.05, 4.69) is 16.9 Å². The van der Waals surface area contributed by atoms with Crippen LogP contribution in [-0.4, -0.2) is 22.6 Å². The fourth-order valence-corrected chi connectivity index (χ4v) is 1.74. The zero-order valence-corrected chi connectivity index (χ0v) is 10.1. The van der Waals surface area contributed by atoms with Crippen LogP contribution in [0, 0.1) is 0 Å². The predicted octanol–water partition coefficient (Wildman–Crippen LogP) is 2.92. The summed E-state index contributed by atoms with van der Waals surface area (Å²) in [6.07, 6.45) is 1.38. The minimum atomic E-state index is -0.967. The van der Waals surface area contributed by atoms with E-state index in [-0.39, 0.29) is 5.56 Å². The maximum Gasteiger partial charge on any atom is 0.337 e. The molecule has 2 aromatic rings. The summed E-state index contributed by atoms with van der Waals surface area (Å²) in [4.78, 5) is 15.3. The third kappa shape index (κ3) is 2.32. The Bertz CT molecular complexity index is 620. The van der Waals surface area contributed by atoms with Crippen molar-refractivity contribution in [3.05, 3.63) is 48.2 Å². The molecule has 0 unspecified atom stereocenters. The molecule has 0 bridgehead atoms. The SMILES string of the molecule is C=C(C)CNc1ncc(C(=O)O)c2ccccc12. The maximum absolute atomic E-state index is 11.1. The number of hydrogen-bond acceptors (Lipinski definition) is 3. The molecule has 0 spiro atoms. The van der Waals surface area contributed by atoms with E-state index in [9.17, 15) is 4.79 Å². The van der Waals surface area contributed by atoms with Gasteiger partial charge >= 0.3 is 5.97 Å². The van der Waals surface area contributed by atoms with Gasteiger partial charge in [0, 0.05) is 23.5 Å². The quantitative estimate of drug-likeness (QED) is 0.809. The fraction of sp³-hybridized carbons (Fsp3) is 0.143. The lowest BCUT2D eigenvalue weighted by molar-refractivity contribution is 0.0698. The Balaban J connectivity index is 2.53. The first kappa shape index (κ1) is 12.1. The number of carbonyl (C=O) groups is 1. The Hall–Kier alpha value is -2.36. The van der Waals surface area contributed by atoms with E-state index in [0.717, 1.165) is 11.0 Å². The van der Waals surface area contributed by atoms with Gasteiger partial charge in [-0.05, 0) is 6.92 Å². The highest BCUT2D eigenvalue weighted by molar-refractivity contribution is 6.06. The zero-order valence-electron chi connectivity index (χ0n) is 10.1. The van der Waals surface area contributed by atoms with Gasteiger partial charge in [-0.1, -0.05) is 36.4 Å². The molecule has 0 saturated carbocycles. The normalized spacial score (nSPS) is 10.3. The Morgan fingerprint density at radius 2 is 2.06 bits per heavy atom. The van der Waals surface area contributed by atoms with Crippen molar-refractivity contribution in [2.75, 3.05) is 11.9 Å². The monoisotopic (exact) mass is 242 g/mol. The number of rotatable bonds is 4. The average molecular weight is 242 g/mol. The zero-order chi connectivity index (χ0) is 13.1. The molecule has 0 amide bonds. The highest BCUT2D eigenvalue weighted by Crippen LogP contribution is 2.24. The molecule has 1 heterocycles. The lowest BCUT2D eigenvalue weighted by atomic mass is 10.1. The number of carboxylic acid groups (broad SMARTS) is 1. The molecule has 0 saturated heterocycles. The van der Waals surface area contributed by atoms with Crippen LogP contribution in [0.5, 0.6) is 0 Å². The number of benzene rings is 1. The van der Waals surface area contributed by atoms with E-state index in [1.807, 2.05) is 25.1 Å². The van der Waals surface area contributed by atoms with E-state index in [1.165, 1.54) is 6.20 Å². The summed E-state index contributed by atoms with van der Waals surface area (Å²) in [7, 11) is 0. The number of anilines is 1. The van der Waals surface area contributed by atoms with Gasteiger partial charge in [0.05, 0.1) is 5.56 Å². The molecule has 1 aromatic carbocycles. The van der Waals surface area contributed by atoms with Gasteiger partial charge in [0.25, 0.3) is 0 Å². The number of carboxylic acids is 1. The topological polar surface area (TPSA) is 62.2 Å². The molecule has 2 rings (SSSR count). The Labute approximate surface area is 105 Å². The molecular weight excluding hydrogens is 228 g/mol. The van der Waals surface area contributed by atoms with Gasteiger partial charge in [0.1, 0.15) is 5.82 Å². The van der Waals surface area contributed by atoms with Crippen LogP contribution >= 0.6 is 0 Å². The Kier molecular flexibility index (Phi) is 3.28. The molecule has 0 atom stereocenters. The first-order valence-corrected chi connectivity index (χ1v) is 5.59. The van der Waals surface area contributed by atoms with Crippen molar-refractivity contribution in [1.82, 2.24) is 4.98 Å². The minimum Gasteiger partial charge on any atom is -0.478 e. The molecule has 1 aromatic heterocycles. The van der Waals surface area contributed by atoms with E-state index in [1.54, 1.807) is 6.07 Å². The molecule has 0 radical (unpaired) electrons. The lowest BCUT2D eigenvalue weighted by Gasteiger charge is -2.10. The second-order valence-corrected chi connectivity index (χ2v) is 4.18. The van der Waals surface area contributed by atoms with Crippen LogP contribution in [0.25, 0.3) is 10.8 Å². The first-order valence-electron chi connectivity index (χ1n) is 5.59. The van der Waals surface area contributed by atoms with Gasteiger partial charge in [-0.3, -0.25) is 0 Å². The molecular formula is C14H14N2O2. The molecule has 4 heteroatoms. The van der Waals surface area contributed by atoms with Gasteiger partial charge in [-0.15, -0.1) is 0 Å². The summed E-state index contributed by atoms with van der Waals surface area (Å²) in [5.41, 5.74) is 1.20. The van der Waals surface area contributed by atoms with Gasteiger partial charge in [0.15, 0.2) is 0 Å². The summed E-state index contributed by atoms with van der Waals surface area (Å²) < 4.78 is 0. The summed E-state index contributed by atoms with van der Waals surface area (Å²) in [5.74, 6) is -0.288. The number of nitrogens with zero attached hydrogens (tertiary/aromatic N) is 1. The number of hydrogen-bond donors (Lipinski definition) is 2. The third-order valence-corrected chi connectivity index (χ3v) is 2.58. The van der Waals surface area contributed by atoms with Crippen molar-refractivity contribution < 1.29 is 9.90 Å². The van der Waals surface area contributed by atoms with Crippen molar-refractivity contribution in [3.63, 3.8) is 0 Å². The van der Waals surface area contributed by atoms with Crippen molar-refractivity contribution >= 4 is 22.6 Å². The van der Waals surface area contributed by atoms with Crippen LogP contribution in [0.4, 0.5) is 5.82 Å². The van der Waals surface area contributed by atoms with E-state index in [4.69, 9.17) is 5.11 Å². The average Bonchev–Trinajstić information content (AvgIpc) is 2.35. The van der Waals surface area contributed by atoms with E-state index >= 15 is 0 Å². The first-order chi connectivity index (χ1) is 8.59. The third-order valence-electron chi connectivity index (χ3n) is 2.58. The highest BCUT2D eigenvalue weighted by Gasteiger charge is 2.11. The van der Waals surface area contributed by atoms with E-state index in [0.29, 0.717) is 17.7 Å². The van der Waals surface area contributed by atoms with Crippen LogP contribution < -0.4 is 5.32 Å². The van der Waals surface area contributed by atoms with Gasteiger partial charge in [0.2, 0.25) is 0 Å². The lowest BCUT2D eigenvalue weighted by Crippen LogP contribution is -2.06. The summed E-state index contributed by atoms with van der Waals surface area (Å²) in [5, 5.41) is 13.8. The second kappa shape index (κ2) is 4.87. The van der Waals surface area contributed by atoms with Gasteiger partial charge in [-0.25, -0.2) is 9.78 Å². The number of aromatic carboxylic acids is 1. The highest BCUT2D eigenvalue weighted by atomic mass is 16.4. The molecule has 0 aliphatic heterocycles. The van der Waals surface area contributed by atoms with Gasteiger partial charge < -0.3 is 10.4 Å². The van der Waals surface area contributed by atoms with Crippen molar-refractivity contribution in [2.45, 2.75) is 6.92 Å². The molecule has 0 aliphatic rings. The smallest absolute Gasteiger partial charge is 0.337 e. The predicted molar refractivity (Wildman–Crippen MR) is 72.0 cm³/mol. The van der Waals surface area contributed by atoms with Crippen molar-refractivity contribution in [1.29, 1.82) is 0 Å². The van der Waals surface area contributed by atoms with Gasteiger partial charge in [-0.2, -0.15) is 0 Å². The Morgan fingerprint density at radius 1 is 1.39 bits per heavy atom. The van der Waals surface area contributed by atoms with Crippen LogP contribution in [0.3, 0.4) is 0 Å². The minimum absolute atomic E-state index is 0.214. The van der Waals surface area contributed by atoms with Crippen molar-refractivity contribution in [3.8, 4) is 0 Å². The van der Waals surface area contributed by atoms with Crippen LogP contribution in [0.2, 0.25) is 0 Å². The standard InChI is InChI=1S/C14H14N2O2/c1-9(2)7-15-13-11-6-4-3-5-10(11)12(8-16-13)14(17)18/h3-6,8H,1,7H2,2H3,(H,15,16)(H,17,18). The molecule has 18 heavy (non-hydrogen) atoms. The summed E-state index contributed by atoms with van der Waals surface area (Å²) >= 11 is 0. The largest absolute Gasteiger partial charge is 0.478 e. The number of aromatic nitrogens is 1. The summed E-state index contributed by atoms with van der Waals surface area (Å²) in [6.45, 7) is 6.34. The fourth-order valence-electron chi connectivity index (χ4n) is 1.74. The van der Waals surface area contributed by atoms with E-state index < -0.39 is 5.97 Å². The molecule has 2 N–H and O–H groups in total. The molecule has 92 valence electrons.